The Bertz CT molecular complexity index is 1300. The van der Waals surface area contributed by atoms with Crippen LogP contribution in [0, 0.1) is 0 Å². The van der Waals surface area contributed by atoms with E-state index in [0.29, 0.717) is 24.5 Å². The molecule has 0 saturated carbocycles. The number of aliphatic hydroxyl groups is 1. The predicted molar refractivity (Wildman–Crippen MR) is 131 cm³/mol. The number of amides is 1. The van der Waals surface area contributed by atoms with Crippen molar-refractivity contribution >= 4 is 33.3 Å². The van der Waals surface area contributed by atoms with Gasteiger partial charge in [0.1, 0.15) is 6.54 Å². The first-order chi connectivity index (χ1) is 16.7. The molecule has 1 amide bonds. The molecule has 3 rings (SSSR count). The molecule has 0 heterocycles. The van der Waals surface area contributed by atoms with Crippen molar-refractivity contribution in [1.29, 1.82) is 0 Å². The van der Waals surface area contributed by atoms with Crippen LogP contribution in [0.25, 0.3) is 0 Å². The van der Waals surface area contributed by atoms with E-state index < -0.39 is 34.4 Å². The van der Waals surface area contributed by atoms with Crippen molar-refractivity contribution < 1.29 is 28.2 Å². The summed E-state index contributed by atoms with van der Waals surface area (Å²) in [6.07, 6.45) is -0.0647. The van der Waals surface area contributed by atoms with E-state index in [1.54, 1.807) is 36.4 Å². The quantitative estimate of drug-likeness (QED) is 0.288. The average Bonchev–Trinajstić information content (AvgIpc) is 2.85. The third-order valence-electron chi connectivity index (χ3n) is 5.20. The Morgan fingerprint density at radius 3 is 2.34 bits per heavy atom. The number of nitrogens with one attached hydrogen (secondary N) is 2. The van der Waals surface area contributed by atoms with Crippen molar-refractivity contribution in [2.45, 2.75) is 22.3 Å². The molecule has 0 aliphatic carbocycles. The van der Waals surface area contributed by atoms with Crippen LogP contribution in [-0.2, 0) is 21.1 Å². The van der Waals surface area contributed by atoms with Crippen LogP contribution in [0.5, 0.6) is 0 Å². The van der Waals surface area contributed by atoms with Crippen LogP contribution >= 0.6 is 11.6 Å². The lowest BCUT2D eigenvalue weighted by molar-refractivity contribution is -0.135. The first kappa shape index (κ1) is 26.4. The third-order valence-corrected chi connectivity index (χ3v) is 7.20. The molecule has 184 valence electrons. The number of benzene rings is 3. The van der Waals surface area contributed by atoms with Crippen LogP contribution < -0.4 is 10.6 Å². The van der Waals surface area contributed by atoms with Gasteiger partial charge < -0.3 is 20.8 Å². The van der Waals surface area contributed by atoms with Crippen LogP contribution in [0.1, 0.15) is 27.6 Å². The predicted octanol–water partition coefficient (Wildman–Crippen LogP) is 2.85. The van der Waals surface area contributed by atoms with Crippen LogP contribution in [0.2, 0.25) is 5.02 Å². The Labute approximate surface area is 208 Å². The van der Waals surface area contributed by atoms with Gasteiger partial charge in [0.25, 0.3) is 5.91 Å². The maximum atomic E-state index is 13.0. The Morgan fingerprint density at radius 2 is 1.66 bits per heavy atom. The maximum absolute atomic E-state index is 13.0. The standard InChI is InChI=1S/C25H25ClN2O6S/c26-20-5-1-3-18(13-20)23(29)15-27-12-11-17-7-9-21(10-8-17)35(33,34)22-6-2-4-19(14-22)25(32)28-16-24(30)31/h1-10,13-14,23,27,29H,11-12,15-16H2,(H,28,32)(H,30,31)/t23-/m0/s1. The first-order valence-corrected chi connectivity index (χ1v) is 12.6. The molecule has 35 heavy (non-hydrogen) atoms. The van der Waals surface area contributed by atoms with Gasteiger partial charge in [-0.1, -0.05) is 41.9 Å². The maximum Gasteiger partial charge on any atom is 0.322 e. The van der Waals surface area contributed by atoms with E-state index in [4.69, 9.17) is 16.7 Å². The Balaban J connectivity index is 1.58. The summed E-state index contributed by atoms with van der Waals surface area (Å²) in [5.74, 6) is -1.87. The molecule has 0 fully saturated rings. The van der Waals surface area contributed by atoms with Gasteiger partial charge in [-0.25, -0.2) is 8.42 Å². The topological polar surface area (TPSA) is 133 Å². The number of aliphatic carboxylic acids is 1. The van der Waals surface area contributed by atoms with Crippen molar-refractivity contribution in [3.8, 4) is 0 Å². The molecular formula is C25H25ClN2O6S. The van der Waals surface area contributed by atoms with Gasteiger partial charge in [0, 0.05) is 17.1 Å². The number of aliphatic hydroxyl groups excluding tert-OH is 1. The van der Waals surface area contributed by atoms with E-state index in [2.05, 4.69) is 10.6 Å². The second-order valence-electron chi connectivity index (χ2n) is 7.78. The highest BCUT2D eigenvalue weighted by atomic mass is 35.5. The monoisotopic (exact) mass is 516 g/mol. The van der Waals surface area contributed by atoms with Crippen LogP contribution in [0.3, 0.4) is 0 Å². The Hall–Kier alpha value is -3.24. The molecule has 8 nitrogen and oxygen atoms in total. The number of halogens is 1. The number of hydrogen-bond acceptors (Lipinski definition) is 6. The van der Waals surface area contributed by atoms with E-state index in [1.807, 2.05) is 0 Å². The zero-order valence-corrected chi connectivity index (χ0v) is 20.2. The molecular weight excluding hydrogens is 492 g/mol. The summed E-state index contributed by atoms with van der Waals surface area (Å²) in [6, 6.07) is 18.9. The van der Waals surface area contributed by atoms with E-state index in [0.717, 1.165) is 11.1 Å². The lowest BCUT2D eigenvalue weighted by Gasteiger charge is -2.13. The summed E-state index contributed by atoms with van der Waals surface area (Å²) in [7, 11) is -3.87. The van der Waals surface area contributed by atoms with Crippen LogP contribution in [0.15, 0.2) is 82.6 Å². The molecule has 0 aliphatic rings. The van der Waals surface area contributed by atoms with Gasteiger partial charge in [0.05, 0.1) is 15.9 Å². The summed E-state index contributed by atoms with van der Waals surface area (Å²) >= 11 is 5.95. The fraction of sp³-hybridized carbons (Fsp3) is 0.200. The number of carboxylic acids is 1. The van der Waals surface area contributed by atoms with Crippen LogP contribution in [0.4, 0.5) is 0 Å². The van der Waals surface area contributed by atoms with Gasteiger partial charge in [-0.15, -0.1) is 0 Å². The van der Waals surface area contributed by atoms with Crippen LogP contribution in [-0.4, -0.2) is 50.1 Å². The summed E-state index contributed by atoms with van der Waals surface area (Å²) in [5.41, 5.74) is 1.69. The van der Waals surface area contributed by atoms with Gasteiger partial charge in [0.2, 0.25) is 9.84 Å². The minimum Gasteiger partial charge on any atom is -0.480 e. The molecule has 0 radical (unpaired) electrons. The highest BCUT2D eigenvalue weighted by Crippen LogP contribution is 2.22. The van der Waals surface area contributed by atoms with E-state index in [1.165, 1.54) is 36.4 Å². The Morgan fingerprint density at radius 1 is 0.943 bits per heavy atom. The second kappa shape index (κ2) is 11.9. The van der Waals surface area contributed by atoms with Gasteiger partial charge in [-0.2, -0.15) is 0 Å². The molecule has 3 aromatic rings. The molecule has 4 N–H and O–H groups in total. The van der Waals surface area contributed by atoms with Gasteiger partial charge in [-0.3, -0.25) is 9.59 Å². The smallest absolute Gasteiger partial charge is 0.322 e. The van der Waals surface area contributed by atoms with Crippen molar-refractivity contribution in [3.63, 3.8) is 0 Å². The largest absolute Gasteiger partial charge is 0.480 e. The molecule has 0 aliphatic heterocycles. The molecule has 1 atom stereocenters. The molecule has 0 spiro atoms. The lowest BCUT2D eigenvalue weighted by Crippen LogP contribution is -2.29. The summed E-state index contributed by atoms with van der Waals surface area (Å²) < 4.78 is 26.0. The third kappa shape index (κ3) is 7.37. The van der Waals surface area contributed by atoms with Crippen molar-refractivity contribution in [1.82, 2.24) is 10.6 Å². The number of rotatable bonds is 11. The summed E-state index contributed by atoms with van der Waals surface area (Å²) in [6.45, 7) is 0.367. The van der Waals surface area contributed by atoms with E-state index in [-0.39, 0.29) is 15.4 Å². The number of carboxylic acid groups (broad SMARTS) is 1. The Kier molecular flexibility index (Phi) is 9.00. The fourth-order valence-electron chi connectivity index (χ4n) is 3.34. The molecule has 3 aromatic carbocycles. The molecule has 0 unspecified atom stereocenters. The molecule has 0 saturated heterocycles. The highest BCUT2D eigenvalue weighted by Gasteiger charge is 2.19. The van der Waals surface area contributed by atoms with Gasteiger partial charge >= 0.3 is 5.97 Å². The normalized spacial score (nSPS) is 12.2. The molecule has 10 heteroatoms. The van der Waals surface area contributed by atoms with Crippen molar-refractivity contribution in [2.24, 2.45) is 0 Å². The van der Waals surface area contributed by atoms with Gasteiger partial charge in [-0.05, 0) is 66.6 Å². The SMILES string of the molecule is O=C(O)CNC(=O)c1cccc(S(=O)(=O)c2ccc(CCNC[C@H](O)c3cccc(Cl)c3)cc2)c1. The second-order valence-corrected chi connectivity index (χ2v) is 10.2. The number of carbonyl (C=O) groups is 2. The summed E-state index contributed by atoms with van der Waals surface area (Å²) in [5, 5.41) is 24.9. The zero-order chi connectivity index (χ0) is 25.4. The van der Waals surface area contributed by atoms with Crippen molar-refractivity contribution in [2.75, 3.05) is 19.6 Å². The number of carbonyl (C=O) groups excluding carboxylic acids is 1. The van der Waals surface area contributed by atoms with Gasteiger partial charge in [0.15, 0.2) is 0 Å². The van der Waals surface area contributed by atoms with E-state index >= 15 is 0 Å². The molecule has 0 bridgehead atoms. The first-order valence-electron chi connectivity index (χ1n) is 10.7. The number of sulfone groups is 1. The van der Waals surface area contributed by atoms with E-state index in [9.17, 15) is 23.1 Å². The molecule has 0 aromatic heterocycles. The summed E-state index contributed by atoms with van der Waals surface area (Å²) in [4.78, 5) is 22.7. The minimum atomic E-state index is -3.87. The number of hydrogen-bond donors (Lipinski definition) is 4. The highest BCUT2D eigenvalue weighted by molar-refractivity contribution is 7.91. The average molecular weight is 517 g/mol. The van der Waals surface area contributed by atoms with Crippen molar-refractivity contribution in [3.05, 3.63) is 94.5 Å². The fourth-order valence-corrected chi connectivity index (χ4v) is 4.84. The zero-order valence-electron chi connectivity index (χ0n) is 18.6. The lowest BCUT2D eigenvalue weighted by atomic mass is 10.1. The minimum absolute atomic E-state index is 0.0509.